The van der Waals surface area contributed by atoms with Crippen LogP contribution in [-0.2, 0) is 19.6 Å². The van der Waals surface area contributed by atoms with Gasteiger partial charge in [-0.2, -0.15) is 0 Å². The van der Waals surface area contributed by atoms with Crippen molar-refractivity contribution in [2.45, 2.75) is 101 Å². The summed E-state index contributed by atoms with van der Waals surface area (Å²) < 4.78 is 40.2. The molecule has 2 aromatic heterocycles. The summed E-state index contributed by atoms with van der Waals surface area (Å²) in [6.07, 6.45) is 8.17. The Morgan fingerprint density at radius 3 is 2.64 bits per heavy atom. The van der Waals surface area contributed by atoms with Crippen LogP contribution in [0, 0.1) is 12.8 Å². The van der Waals surface area contributed by atoms with Gasteiger partial charge in [0.2, 0.25) is 15.9 Å². The molecule has 0 unspecified atom stereocenters. The van der Waals surface area contributed by atoms with Gasteiger partial charge < -0.3 is 24.6 Å². The van der Waals surface area contributed by atoms with Crippen LogP contribution in [0.15, 0.2) is 35.7 Å². The summed E-state index contributed by atoms with van der Waals surface area (Å²) in [6.45, 7) is 6.78. The Bertz CT molecular complexity index is 2060. The first-order valence-electron chi connectivity index (χ1n) is 18.5. The van der Waals surface area contributed by atoms with Crippen LogP contribution in [0.25, 0.3) is 21.6 Å². The van der Waals surface area contributed by atoms with E-state index in [1.165, 1.54) is 16.2 Å². The molecule has 0 spiro atoms. The first-order valence-corrected chi connectivity index (χ1v) is 20.9. The van der Waals surface area contributed by atoms with Crippen LogP contribution >= 0.6 is 11.3 Å². The number of nitrogens with zero attached hydrogens (tertiary/aromatic N) is 4. The molecule has 284 valence electrons. The van der Waals surface area contributed by atoms with Gasteiger partial charge in [-0.25, -0.2) is 23.2 Å². The number of nitrogens with one attached hydrogen (secondary N) is 2. The van der Waals surface area contributed by atoms with Crippen LogP contribution in [0.1, 0.15) is 82.4 Å². The zero-order valence-corrected chi connectivity index (χ0v) is 32.5. The van der Waals surface area contributed by atoms with Gasteiger partial charge in [-0.1, -0.05) is 32.4 Å². The molecule has 4 aliphatic rings. The fourth-order valence-corrected chi connectivity index (χ4v) is 9.63. The molecule has 7 rings (SSSR count). The third-order valence-corrected chi connectivity index (χ3v) is 13.5. The fourth-order valence-electron chi connectivity index (χ4n) is 7.33. The van der Waals surface area contributed by atoms with Crippen LogP contribution < -0.4 is 19.5 Å². The number of amides is 4. The third-order valence-electron chi connectivity index (χ3n) is 10.8. The highest BCUT2D eigenvalue weighted by molar-refractivity contribution is 7.91. The number of aromatic nitrogens is 2. The van der Waals surface area contributed by atoms with Crippen molar-refractivity contribution in [3.05, 3.63) is 47.0 Å². The molecule has 2 N–H and O–H groups in total. The van der Waals surface area contributed by atoms with Crippen LogP contribution in [0.3, 0.4) is 0 Å². The molecule has 1 aromatic carbocycles. The number of carbonyl (C=O) groups excluding carboxylic acids is 3. The van der Waals surface area contributed by atoms with E-state index in [1.807, 2.05) is 42.7 Å². The maximum absolute atomic E-state index is 14.3. The highest BCUT2D eigenvalue weighted by Gasteiger charge is 2.62. The number of thiazole rings is 1. The lowest BCUT2D eigenvalue weighted by molar-refractivity contribution is -0.131. The molecule has 15 heteroatoms. The van der Waals surface area contributed by atoms with Gasteiger partial charge in [0.15, 0.2) is 0 Å². The summed E-state index contributed by atoms with van der Waals surface area (Å²) in [7, 11) is -0.496. The van der Waals surface area contributed by atoms with Crippen molar-refractivity contribution in [1.29, 1.82) is 0 Å². The van der Waals surface area contributed by atoms with E-state index in [4.69, 9.17) is 19.4 Å². The Morgan fingerprint density at radius 2 is 1.92 bits per heavy atom. The van der Waals surface area contributed by atoms with Gasteiger partial charge in [-0.3, -0.25) is 14.3 Å². The molecule has 4 amide bonds. The number of sulfonamides is 1. The minimum atomic E-state index is -3.84. The van der Waals surface area contributed by atoms with Crippen molar-refractivity contribution in [1.82, 2.24) is 29.8 Å². The summed E-state index contributed by atoms with van der Waals surface area (Å²) in [5.74, 6) is -0.147. The van der Waals surface area contributed by atoms with Crippen LogP contribution in [0.4, 0.5) is 4.79 Å². The Balaban J connectivity index is 1.21. The van der Waals surface area contributed by atoms with Gasteiger partial charge in [-0.15, -0.1) is 11.3 Å². The Hall–Kier alpha value is -4.24. The normalized spacial score (nSPS) is 25.4. The number of aryl methyl sites for hydroxylation is 1. The number of rotatable bonds is 8. The smallest absolute Gasteiger partial charge is 0.320 e. The van der Waals surface area contributed by atoms with Crippen molar-refractivity contribution >= 4 is 50.1 Å². The number of hydrogen-bond donors (Lipinski definition) is 2. The highest BCUT2D eigenvalue weighted by atomic mass is 32.2. The average molecular weight is 765 g/mol. The van der Waals surface area contributed by atoms with E-state index in [-0.39, 0.29) is 37.3 Å². The SMILES string of the molecule is COc1ccc2c(O[C@@H]3C[C@H]4C(=O)N[C@]5(C(=O)NS(=O)(=O)C6CC6)C[C@@H]5C=CCCCCCN(C)C(=O)N4C3)cc(-c3nc(C(C)C)cs3)nc2c1C. The number of hydrogen-bond acceptors (Lipinski definition) is 10. The van der Waals surface area contributed by atoms with Gasteiger partial charge in [-0.05, 0) is 63.5 Å². The van der Waals surface area contributed by atoms with Gasteiger partial charge in [0.05, 0.1) is 30.1 Å². The minimum Gasteiger partial charge on any atom is -0.496 e. The molecule has 3 aromatic rings. The molecule has 4 atom stereocenters. The molecule has 0 radical (unpaired) electrons. The van der Waals surface area contributed by atoms with Crippen molar-refractivity contribution in [3.63, 3.8) is 0 Å². The first kappa shape index (κ1) is 37.1. The lowest BCUT2D eigenvalue weighted by atomic mass is 10.1. The predicted octanol–water partition coefficient (Wildman–Crippen LogP) is 5.29. The molecule has 2 aliphatic heterocycles. The van der Waals surface area contributed by atoms with Crippen molar-refractivity contribution in [2.75, 3.05) is 27.2 Å². The van der Waals surface area contributed by atoms with Crippen LogP contribution in [-0.4, -0.2) is 96.2 Å². The lowest BCUT2D eigenvalue weighted by Gasteiger charge is -2.30. The molecular weight excluding hydrogens is 717 g/mol. The number of methoxy groups -OCH3 is 1. The monoisotopic (exact) mass is 764 g/mol. The van der Waals surface area contributed by atoms with E-state index in [1.54, 1.807) is 19.1 Å². The second-order valence-corrected chi connectivity index (χ2v) is 17.9. The first-order chi connectivity index (χ1) is 25.3. The molecule has 13 nitrogen and oxygen atoms in total. The van der Waals surface area contributed by atoms with Crippen molar-refractivity contribution < 1.29 is 32.3 Å². The fraction of sp³-hybridized carbons (Fsp3) is 0.553. The van der Waals surface area contributed by atoms with E-state index in [9.17, 15) is 22.8 Å². The number of urea groups is 1. The number of carbonyl (C=O) groups is 3. The maximum atomic E-state index is 14.3. The van der Waals surface area contributed by atoms with E-state index in [0.717, 1.165) is 47.3 Å². The van der Waals surface area contributed by atoms with E-state index in [0.29, 0.717) is 42.1 Å². The molecular formula is C38H48N6O7S2. The molecule has 3 fully saturated rings. The van der Waals surface area contributed by atoms with Crippen LogP contribution in [0.2, 0.25) is 0 Å². The van der Waals surface area contributed by atoms with E-state index < -0.39 is 44.8 Å². The maximum Gasteiger partial charge on any atom is 0.320 e. The largest absolute Gasteiger partial charge is 0.496 e. The molecule has 4 heterocycles. The molecule has 0 bridgehead atoms. The average Bonchev–Trinajstić information content (AvgIpc) is 4.00. The summed E-state index contributed by atoms with van der Waals surface area (Å²) in [5.41, 5.74) is 1.72. The van der Waals surface area contributed by atoms with Crippen molar-refractivity contribution in [3.8, 4) is 22.2 Å². The number of allylic oxidation sites excluding steroid dienone is 1. The number of benzene rings is 1. The summed E-state index contributed by atoms with van der Waals surface area (Å²) in [4.78, 5) is 55.0. The number of fused-ring (bicyclic) bond motifs is 3. The second-order valence-electron chi connectivity index (χ2n) is 15.1. The summed E-state index contributed by atoms with van der Waals surface area (Å²) >= 11 is 1.51. The molecule has 1 saturated heterocycles. The van der Waals surface area contributed by atoms with E-state index in [2.05, 4.69) is 23.9 Å². The predicted molar refractivity (Wildman–Crippen MR) is 202 cm³/mol. The lowest BCUT2D eigenvalue weighted by Crippen LogP contribution is -2.57. The van der Waals surface area contributed by atoms with Crippen molar-refractivity contribution in [2.24, 2.45) is 5.92 Å². The Morgan fingerprint density at radius 1 is 1.13 bits per heavy atom. The Kier molecular flexibility index (Phi) is 10.2. The Labute approximate surface area is 314 Å². The van der Waals surface area contributed by atoms with Gasteiger partial charge in [0, 0.05) is 48.3 Å². The summed E-state index contributed by atoms with van der Waals surface area (Å²) in [5, 5.41) is 5.88. The van der Waals surface area contributed by atoms with E-state index >= 15 is 0 Å². The highest BCUT2D eigenvalue weighted by Crippen LogP contribution is 2.46. The minimum absolute atomic E-state index is 0.128. The number of pyridine rings is 1. The zero-order chi connectivity index (χ0) is 37.7. The summed E-state index contributed by atoms with van der Waals surface area (Å²) in [6, 6.07) is 4.36. The molecule has 2 saturated carbocycles. The standard InChI is InChI=1S/C38H48N6O7S2/c1-22(2)29-21-52-35(40-29)28-18-32(27-14-15-31(50-5)23(3)33(27)39-28)51-25-17-30-34(45)41-38(36(46)42-53(48,49)26-12-13-26)19-24(38)11-9-7-6-8-10-16-43(4)37(47)44(30)20-25/h9,11,14-15,18,21-22,24-26,30H,6-8,10,12-13,16-17,19-20H2,1-5H3,(H,41,45)(H,42,46)/t24-,25+,30-,38+/m0/s1. The topological polar surface area (TPSA) is 160 Å². The second kappa shape index (κ2) is 14.5. The van der Waals surface area contributed by atoms with Gasteiger partial charge >= 0.3 is 6.03 Å². The molecule has 2 aliphatic carbocycles. The molecule has 53 heavy (non-hydrogen) atoms. The quantitative estimate of drug-likeness (QED) is 0.291. The third kappa shape index (κ3) is 7.46. The van der Waals surface area contributed by atoms with Gasteiger partial charge in [0.25, 0.3) is 5.91 Å². The van der Waals surface area contributed by atoms with Gasteiger partial charge in [0.1, 0.15) is 39.9 Å². The number of ether oxygens (including phenoxy) is 2. The van der Waals surface area contributed by atoms with Crippen LogP contribution in [0.5, 0.6) is 11.5 Å². The zero-order valence-electron chi connectivity index (χ0n) is 30.9.